The number of hydrogen-bond acceptors (Lipinski definition) is 6. The normalized spacial score (nSPS) is 11.6. The van der Waals surface area contributed by atoms with Gasteiger partial charge in [0.05, 0.1) is 11.3 Å². The van der Waals surface area contributed by atoms with E-state index >= 15 is 0 Å². The molecule has 0 aliphatic heterocycles. The first-order valence-corrected chi connectivity index (χ1v) is 10.2. The lowest BCUT2D eigenvalue weighted by molar-refractivity contribution is -0.137. The van der Waals surface area contributed by atoms with Gasteiger partial charge in [-0.15, -0.1) is 11.3 Å². The highest BCUT2D eigenvalue weighted by Crippen LogP contribution is 2.30. The number of carbonyl (C=O) groups is 3. The molecule has 0 radical (unpaired) electrons. The van der Waals surface area contributed by atoms with E-state index in [0.717, 1.165) is 12.1 Å². The fourth-order valence-electron chi connectivity index (χ4n) is 2.53. The van der Waals surface area contributed by atoms with Crippen LogP contribution in [0.2, 0.25) is 0 Å². The molecule has 0 spiro atoms. The molecule has 1 heterocycles. The van der Waals surface area contributed by atoms with E-state index in [1.54, 1.807) is 48.7 Å². The molecule has 0 aliphatic rings. The van der Waals surface area contributed by atoms with Crippen LogP contribution in [0.1, 0.15) is 27.7 Å². The number of amides is 2. The summed E-state index contributed by atoms with van der Waals surface area (Å²) >= 11 is 1.26. The molecule has 11 heteroatoms. The van der Waals surface area contributed by atoms with Crippen molar-refractivity contribution in [1.82, 2.24) is 5.43 Å². The number of alkyl halides is 3. The monoisotopic (exact) mass is 475 g/mol. The Morgan fingerprint density at radius 3 is 2.33 bits per heavy atom. The lowest BCUT2D eigenvalue weighted by atomic mass is 10.1. The highest BCUT2D eigenvalue weighted by atomic mass is 32.1. The van der Waals surface area contributed by atoms with Crippen molar-refractivity contribution in [2.45, 2.75) is 13.1 Å². The Bertz CT molecular complexity index is 1190. The number of anilines is 1. The van der Waals surface area contributed by atoms with Gasteiger partial charge in [-0.1, -0.05) is 12.1 Å². The smallest absolute Gasteiger partial charge is 0.416 e. The lowest BCUT2D eigenvalue weighted by Crippen LogP contribution is -2.33. The van der Waals surface area contributed by atoms with Crippen LogP contribution in [-0.4, -0.2) is 23.5 Å². The Labute approximate surface area is 189 Å². The van der Waals surface area contributed by atoms with E-state index in [4.69, 9.17) is 4.74 Å². The number of hydrazone groups is 1. The molecule has 0 saturated carbocycles. The summed E-state index contributed by atoms with van der Waals surface area (Å²) in [5.41, 5.74) is 1.81. The lowest BCUT2D eigenvalue weighted by Gasteiger charge is -2.09. The number of esters is 1. The topological polar surface area (TPSA) is 96.9 Å². The second kappa shape index (κ2) is 10.1. The van der Waals surface area contributed by atoms with E-state index in [1.165, 1.54) is 17.4 Å². The Kier molecular flexibility index (Phi) is 7.23. The summed E-state index contributed by atoms with van der Waals surface area (Å²) in [6.45, 7) is 1.57. The number of thiophene rings is 1. The molecule has 0 bridgehead atoms. The summed E-state index contributed by atoms with van der Waals surface area (Å²) in [6.07, 6.45) is -4.58. The van der Waals surface area contributed by atoms with Crippen LogP contribution in [0.15, 0.2) is 71.1 Å². The minimum absolute atomic E-state index is 0.182. The molecular weight excluding hydrogens is 459 g/mol. The summed E-state index contributed by atoms with van der Waals surface area (Å²) in [5, 5.41) is 7.66. The first kappa shape index (κ1) is 23.7. The maximum atomic E-state index is 12.8. The van der Waals surface area contributed by atoms with Gasteiger partial charge in [0.1, 0.15) is 10.6 Å². The SMILES string of the molecule is C/C(=N\NC(=O)C(=O)Nc1cccc(C(F)(F)F)c1)c1ccc(OC(=O)c2cccs2)cc1. The third-order valence-electron chi connectivity index (χ3n) is 4.18. The molecule has 170 valence electrons. The predicted octanol–water partition coefficient (Wildman–Crippen LogP) is 4.47. The van der Waals surface area contributed by atoms with Gasteiger partial charge in [-0.2, -0.15) is 18.3 Å². The van der Waals surface area contributed by atoms with Crippen molar-refractivity contribution in [3.63, 3.8) is 0 Å². The molecular formula is C22H16F3N3O4S. The van der Waals surface area contributed by atoms with E-state index in [9.17, 15) is 27.6 Å². The largest absolute Gasteiger partial charge is 0.422 e. The molecule has 0 fully saturated rings. The fraction of sp³-hybridized carbons (Fsp3) is 0.0909. The van der Waals surface area contributed by atoms with E-state index < -0.39 is 29.5 Å². The third kappa shape index (κ3) is 6.50. The van der Waals surface area contributed by atoms with E-state index in [1.807, 2.05) is 5.43 Å². The number of halogens is 3. The Morgan fingerprint density at radius 1 is 0.970 bits per heavy atom. The summed E-state index contributed by atoms with van der Waals surface area (Å²) in [4.78, 5) is 36.3. The van der Waals surface area contributed by atoms with Gasteiger partial charge >= 0.3 is 24.0 Å². The second-order valence-corrected chi connectivity index (χ2v) is 7.51. The molecule has 2 N–H and O–H groups in total. The molecule has 33 heavy (non-hydrogen) atoms. The zero-order valence-corrected chi connectivity index (χ0v) is 17.8. The van der Waals surface area contributed by atoms with Gasteiger partial charge in [0.15, 0.2) is 0 Å². The Hall–Kier alpha value is -3.99. The van der Waals surface area contributed by atoms with Crippen molar-refractivity contribution in [3.05, 3.63) is 82.0 Å². The number of hydrogen-bond donors (Lipinski definition) is 2. The minimum atomic E-state index is -4.58. The second-order valence-electron chi connectivity index (χ2n) is 6.56. The van der Waals surface area contributed by atoms with Crippen LogP contribution >= 0.6 is 11.3 Å². The van der Waals surface area contributed by atoms with Crippen LogP contribution in [-0.2, 0) is 15.8 Å². The summed E-state index contributed by atoms with van der Waals surface area (Å²) in [6, 6.07) is 13.6. The van der Waals surface area contributed by atoms with Gasteiger partial charge < -0.3 is 10.1 Å². The molecule has 0 saturated heterocycles. The van der Waals surface area contributed by atoms with E-state index in [0.29, 0.717) is 28.0 Å². The maximum Gasteiger partial charge on any atom is 0.416 e. The Morgan fingerprint density at radius 2 is 1.70 bits per heavy atom. The molecule has 3 rings (SSSR count). The number of benzene rings is 2. The summed E-state index contributed by atoms with van der Waals surface area (Å²) in [7, 11) is 0. The third-order valence-corrected chi connectivity index (χ3v) is 5.03. The zero-order valence-electron chi connectivity index (χ0n) is 17.0. The minimum Gasteiger partial charge on any atom is -0.422 e. The van der Waals surface area contributed by atoms with Gasteiger partial charge in [0, 0.05) is 5.69 Å². The average Bonchev–Trinajstić information content (AvgIpc) is 3.32. The molecule has 1 aromatic heterocycles. The Balaban J connectivity index is 1.57. The number of carbonyl (C=O) groups excluding carboxylic acids is 3. The van der Waals surface area contributed by atoms with Crippen molar-refractivity contribution in [3.8, 4) is 5.75 Å². The molecule has 0 aliphatic carbocycles. The maximum absolute atomic E-state index is 12.8. The van der Waals surface area contributed by atoms with Gasteiger partial charge in [0.2, 0.25) is 0 Å². The first-order chi connectivity index (χ1) is 15.6. The average molecular weight is 475 g/mol. The quantitative estimate of drug-likeness (QED) is 0.187. The number of rotatable bonds is 5. The molecule has 2 amide bonds. The van der Waals surface area contributed by atoms with Gasteiger partial charge in [-0.25, -0.2) is 10.2 Å². The van der Waals surface area contributed by atoms with Crippen molar-refractivity contribution in [1.29, 1.82) is 0 Å². The van der Waals surface area contributed by atoms with Crippen LogP contribution < -0.4 is 15.5 Å². The fourth-order valence-corrected chi connectivity index (χ4v) is 3.13. The van der Waals surface area contributed by atoms with Crippen LogP contribution in [0.5, 0.6) is 5.75 Å². The summed E-state index contributed by atoms with van der Waals surface area (Å²) < 4.78 is 43.5. The van der Waals surface area contributed by atoms with Gasteiger partial charge in [-0.3, -0.25) is 9.59 Å². The molecule has 0 atom stereocenters. The highest BCUT2D eigenvalue weighted by molar-refractivity contribution is 7.12. The number of ether oxygens (including phenoxy) is 1. The zero-order chi connectivity index (χ0) is 24.0. The molecule has 2 aromatic carbocycles. The van der Waals surface area contributed by atoms with Crippen molar-refractivity contribution in [2.75, 3.05) is 5.32 Å². The molecule has 3 aromatic rings. The van der Waals surface area contributed by atoms with Crippen LogP contribution in [0, 0.1) is 0 Å². The van der Waals surface area contributed by atoms with Crippen LogP contribution in [0.4, 0.5) is 18.9 Å². The summed E-state index contributed by atoms with van der Waals surface area (Å²) in [5.74, 6) is -2.51. The van der Waals surface area contributed by atoms with Gasteiger partial charge in [-0.05, 0) is 66.4 Å². The molecule has 0 unspecified atom stereocenters. The van der Waals surface area contributed by atoms with Gasteiger partial charge in [0.25, 0.3) is 0 Å². The van der Waals surface area contributed by atoms with Crippen LogP contribution in [0.25, 0.3) is 0 Å². The van der Waals surface area contributed by atoms with Crippen molar-refractivity contribution in [2.24, 2.45) is 5.10 Å². The predicted molar refractivity (Wildman–Crippen MR) is 116 cm³/mol. The highest BCUT2D eigenvalue weighted by Gasteiger charge is 2.30. The van der Waals surface area contributed by atoms with Crippen LogP contribution in [0.3, 0.4) is 0 Å². The first-order valence-electron chi connectivity index (χ1n) is 9.32. The van der Waals surface area contributed by atoms with E-state index in [-0.39, 0.29) is 5.69 Å². The number of nitrogens with one attached hydrogen (secondary N) is 2. The van der Waals surface area contributed by atoms with E-state index in [2.05, 4.69) is 10.4 Å². The molecule has 7 nitrogen and oxygen atoms in total. The standard InChI is InChI=1S/C22H16F3N3O4S/c1-13(14-7-9-17(10-8-14)32-21(31)18-6-3-11-33-18)27-28-20(30)19(29)26-16-5-2-4-15(12-16)22(23,24)25/h2-12H,1H3,(H,26,29)(H,28,30)/b27-13+. The van der Waals surface area contributed by atoms with Crippen molar-refractivity contribution < 1.29 is 32.3 Å². The number of nitrogens with zero attached hydrogens (tertiary/aromatic N) is 1. The van der Waals surface area contributed by atoms with Crippen molar-refractivity contribution >= 4 is 40.5 Å².